The number of hydrogen-bond donors (Lipinski definition) is 2. The molecule has 2 rings (SSSR count). The van der Waals surface area contributed by atoms with Gasteiger partial charge in [-0.05, 0) is 58.5 Å². The van der Waals surface area contributed by atoms with E-state index in [1.807, 2.05) is 58.4 Å². The molecule has 0 aliphatic rings. The molecule has 1 amide bonds. The number of carbonyl (C=O) groups is 1. The maximum absolute atomic E-state index is 12.0. The van der Waals surface area contributed by atoms with Crippen molar-refractivity contribution in [2.45, 2.75) is 46.2 Å². The fraction of sp³-hybridized carbons (Fsp3) is 0.522. The molecule has 0 aliphatic carbocycles. The molecule has 2 N–H and O–H groups in total. The average molecular weight is 478 g/mol. The Morgan fingerprint density at radius 2 is 2.00 bits per heavy atom. The number of amides is 1. The van der Waals surface area contributed by atoms with E-state index < -0.39 is 6.09 Å². The van der Waals surface area contributed by atoms with Crippen LogP contribution in [0, 0.1) is 6.92 Å². The Balaban J connectivity index is 1.84. The number of carbonyl (C=O) groups excluding carboxylic acids is 1. The third-order valence-corrected chi connectivity index (χ3v) is 5.23. The third-order valence-electron chi connectivity index (χ3n) is 4.98. The highest BCUT2D eigenvalue weighted by Crippen LogP contribution is 2.30. The Morgan fingerprint density at radius 3 is 2.61 bits per heavy atom. The number of thiocarbonyl (C=S) groups is 1. The largest absolute Gasteiger partial charge is 0.493 e. The van der Waals surface area contributed by atoms with Crippen LogP contribution in [0.15, 0.2) is 30.7 Å². The van der Waals surface area contributed by atoms with Gasteiger partial charge in [-0.15, -0.1) is 0 Å². The molecule has 2 aromatic rings. The van der Waals surface area contributed by atoms with Crippen molar-refractivity contribution in [2.24, 2.45) is 0 Å². The van der Waals surface area contributed by atoms with Gasteiger partial charge in [0.15, 0.2) is 16.6 Å². The lowest BCUT2D eigenvalue weighted by Crippen LogP contribution is -2.47. The molecule has 10 heteroatoms. The summed E-state index contributed by atoms with van der Waals surface area (Å²) in [6, 6.07) is 5.49. The van der Waals surface area contributed by atoms with Crippen molar-refractivity contribution in [2.75, 3.05) is 39.2 Å². The normalized spacial score (nSPS) is 11.0. The maximum atomic E-state index is 12.0. The van der Waals surface area contributed by atoms with Crippen molar-refractivity contribution in [1.29, 1.82) is 0 Å². The van der Waals surface area contributed by atoms with E-state index in [2.05, 4.69) is 20.2 Å². The Morgan fingerprint density at radius 1 is 1.24 bits per heavy atom. The third kappa shape index (κ3) is 8.12. The Bertz CT molecular complexity index is 926. The van der Waals surface area contributed by atoms with E-state index in [1.54, 1.807) is 12.0 Å². The highest BCUT2D eigenvalue weighted by molar-refractivity contribution is 7.80. The number of methoxy groups -OCH3 is 2. The second kappa shape index (κ2) is 12.3. The molecule has 0 radical (unpaired) electrons. The SMILES string of the molecule is COC(=O)N(CCOc1ccc(NC(=S)NCCCn2cncc2C)cc1OC)C(C)(C)C. The summed E-state index contributed by atoms with van der Waals surface area (Å²) in [5.41, 5.74) is 1.55. The van der Waals surface area contributed by atoms with Crippen LogP contribution < -0.4 is 20.1 Å². The molecular weight excluding hydrogens is 442 g/mol. The predicted molar refractivity (Wildman–Crippen MR) is 133 cm³/mol. The molecule has 1 heterocycles. The van der Waals surface area contributed by atoms with Crippen molar-refractivity contribution in [3.8, 4) is 11.5 Å². The van der Waals surface area contributed by atoms with E-state index >= 15 is 0 Å². The van der Waals surface area contributed by atoms with Gasteiger partial charge in [0.05, 0.1) is 27.1 Å². The summed E-state index contributed by atoms with van der Waals surface area (Å²) in [6.45, 7) is 10.2. The number of anilines is 1. The van der Waals surface area contributed by atoms with Crippen molar-refractivity contribution >= 4 is 29.1 Å². The summed E-state index contributed by atoms with van der Waals surface area (Å²) < 4.78 is 18.3. The van der Waals surface area contributed by atoms with Crippen LogP contribution >= 0.6 is 12.2 Å². The van der Waals surface area contributed by atoms with Crippen LogP contribution in [0.1, 0.15) is 32.9 Å². The molecule has 1 aromatic heterocycles. The zero-order valence-corrected chi connectivity index (χ0v) is 21.1. The summed E-state index contributed by atoms with van der Waals surface area (Å²) in [7, 11) is 2.95. The molecule has 0 unspecified atom stereocenters. The predicted octanol–water partition coefficient (Wildman–Crippen LogP) is 3.82. The molecule has 0 bridgehead atoms. The van der Waals surface area contributed by atoms with Gasteiger partial charge in [0, 0.05) is 42.3 Å². The monoisotopic (exact) mass is 477 g/mol. The Hall–Kier alpha value is -3.01. The van der Waals surface area contributed by atoms with Gasteiger partial charge < -0.3 is 29.4 Å². The number of imidazole rings is 1. The molecule has 182 valence electrons. The molecule has 0 aliphatic heterocycles. The number of nitrogens with one attached hydrogen (secondary N) is 2. The topological polar surface area (TPSA) is 89.9 Å². The molecule has 0 saturated heterocycles. The minimum Gasteiger partial charge on any atom is -0.493 e. The lowest BCUT2D eigenvalue weighted by molar-refractivity contribution is 0.0742. The van der Waals surface area contributed by atoms with Crippen LogP contribution in [0.25, 0.3) is 0 Å². The van der Waals surface area contributed by atoms with Gasteiger partial charge in [-0.1, -0.05) is 0 Å². The summed E-state index contributed by atoms with van der Waals surface area (Å²) in [5, 5.41) is 6.90. The van der Waals surface area contributed by atoms with Gasteiger partial charge in [0.1, 0.15) is 6.61 Å². The average Bonchev–Trinajstić information content (AvgIpc) is 3.18. The first-order chi connectivity index (χ1) is 15.7. The second-order valence-electron chi connectivity index (χ2n) is 8.47. The first-order valence-corrected chi connectivity index (χ1v) is 11.2. The lowest BCUT2D eigenvalue weighted by Gasteiger charge is -2.34. The quantitative estimate of drug-likeness (QED) is 0.394. The zero-order valence-electron chi connectivity index (χ0n) is 20.3. The first kappa shape index (κ1) is 26.2. The maximum Gasteiger partial charge on any atom is 0.410 e. The number of aryl methyl sites for hydroxylation is 2. The number of benzene rings is 1. The van der Waals surface area contributed by atoms with Crippen LogP contribution in [0.2, 0.25) is 0 Å². The van der Waals surface area contributed by atoms with Crippen molar-refractivity contribution in [3.05, 3.63) is 36.4 Å². The summed E-state index contributed by atoms with van der Waals surface area (Å²) in [6.07, 6.45) is 4.21. The van der Waals surface area contributed by atoms with Crippen molar-refractivity contribution in [3.63, 3.8) is 0 Å². The summed E-state index contributed by atoms with van der Waals surface area (Å²) in [5.74, 6) is 1.15. The van der Waals surface area contributed by atoms with E-state index in [1.165, 1.54) is 7.11 Å². The molecule has 0 fully saturated rings. The number of aromatic nitrogens is 2. The highest BCUT2D eigenvalue weighted by atomic mass is 32.1. The number of ether oxygens (including phenoxy) is 3. The fourth-order valence-electron chi connectivity index (χ4n) is 3.17. The van der Waals surface area contributed by atoms with Crippen LogP contribution in [0.5, 0.6) is 11.5 Å². The molecular formula is C23H35N5O4S. The first-order valence-electron chi connectivity index (χ1n) is 10.8. The summed E-state index contributed by atoms with van der Waals surface area (Å²) >= 11 is 5.39. The smallest absolute Gasteiger partial charge is 0.410 e. The highest BCUT2D eigenvalue weighted by Gasteiger charge is 2.27. The van der Waals surface area contributed by atoms with Crippen LogP contribution in [0.3, 0.4) is 0 Å². The van der Waals surface area contributed by atoms with Crippen molar-refractivity contribution < 1.29 is 19.0 Å². The molecule has 0 saturated carbocycles. The van der Waals surface area contributed by atoms with E-state index in [0.717, 1.165) is 30.9 Å². The van der Waals surface area contributed by atoms with E-state index in [4.69, 9.17) is 26.4 Å². The lowest BCUT2D eigenvalue weighted by atomic mass is 10.1. The summed E-state index contributed by atoms with van der Waals surface area (Å²) in [4.78, 5) is 17.8. The number of hydrogen-bond acceptors (Lipinski definition) is 6. The minimum atomic E-state index is -0.390. The van der Waals surface area contributed by atoms with E-state index in [-0.39, 0.29) is 5.54 Å². The molecule has 0 atom stereocenters. The molecule has 33 heavy (non-hydrogen) atoms. The van der Waals surface area contributed by atoms with Crippen LogP contribution in [-0.2, 0) is 11.3 Å². The van der Waals surface area contributed by atoms with Crippen LogP contribution in [0.4, 0.5) is 10.5 Å². The minimum absolute atomic E-state index is 0.297. The van der Waals surface area contributed by atoms with Gasteiger partial charge >= 0.3 is 6.09 Å². The number of rotatable bonds is 10. The van der Waals surface area contributed by atoms with Gasteiger partial charge in [0.2, 0.25) is 0 Å². The van der Waals surface area contributed by atoms with E-state index in [0.29, 0.717) is 29.8 Å². The van der Waals surface area contributed by atoms with Crippen molar-refractivity contribution in [1.82, 2.24) is 19.8 Å². The Kier molecular flexibility index (Phi) is 9.77. The van der Waals surface area contributed by atoms with Gasteiger partial charge in [-0.2, -0.15) is 0 Å². The van der Waals surface area contributed by atoms with Gasteiger partial charge in [-0.3, -0.25) is 4.90 Å². The van der Waals surface area contributed by atoms with Crippen LogP contribution in [-0.4, -0.2) is 65.1 Å². The second-order valence-corrected chi connectivity index (χ2v) is 8.88. The Labute approximate surface area is 201 Å². The fourth-order valence-corrected chi connectivity index (χ4v) is 3.39. The molecule has 0 spiro atoms. The van der Waals surface area contributed by atoms with Gasteiger partial charge in [0.25, 0.3) is 0 Å². The zero-order chi connectivity index (χ0) is 24.4. The van der Waals surface area contributed by atoms with E-state index in [9.17, 15) is 4.79 Å². The molecule has 9 nitrogen and oxygen atoms in total. The van der Waals surface area contributed by atoms with Gasteiger partial charge in [-0.25, -0.2) is 9.78 Å². The molecule has 1 aromatic carbocycles. The standard InChI is InChI=1S/C23H35N5O4S/c1-17-15-24-16-27(17)11-7-10-25-21(33)26-18-8-9-19(20(14-18)30-5)32-13-12-28(22(29)31-6)23(2,3)4/h8-9,14-16H,7,10-13H2,1-6H3,(H2,25,26,33). The number of nitrogens with zero attached hydrogens (tertiary/aromatic N) is 3.